The van der Waals surface area contributed by atoms with Crippen LogP contribution in [0.25, 0.3) is 0 Å². The lowest BCUT2D eigenvalue weighted by Crippen LogP contribution is -2.56. The third-order valence-corrected chi connectivity index (χ3v) is 2.15. The van der Waals surface area contributed by atoms with Crippen molar-refractivity contribution >= 4 is 11.9 Å². The fraction of sp³-hybridized carbons (Fsp3) is 0.800. The number of esters is 1. The minimum atomic E-state index is -1.04. The summed E-state index contributed by atoms with van der Waals surface area (Å²) in [6, 6.07) is -0.617. The first-order valence-corrected chi connectivity index (χ1v) is 4.88. The van der Waals surface area contributed by atoms with Crippen molar-refractivity contribution in [2.24, 2.45) is 11.7 Å². The lowest BCUT2D eigenvalue weighted by Gasteiger charge is -2.26. The van der Waals surface area contributed by atoms with E-state index < -0.39 is 17.6 Å². The number of ether oxygens (including phenoxy) is 1. The molecule has 0 aliphatic rings. The van der Waals surface area contributed by atoms with Crippen molar-refractivity contribution < 1.29 is 14.3 Å². The van der Waals surface area contributed by atoms with Gasteiger partial charge in [0.15, 0.2) is 0 Å². The van der Waals surface area contributed by atoms with Crippen LogP contribution in [-0.2, 0) is 14.3 Å². The van der Waals surface area contributed by atoms with E-state index in [1.165, 1.54) is 7.11 Å². The molecule has 15 heavy (non-hydrogen) atoms. The van der Waals surface area contributed by atoms with Gasteiger partial charge in [0.05, 0.1) is 13.2 Å². The molecule has 0 saturated carbocycles. The second kappa shape index (κ2) is 5.11. The zero-order chi connectivity index (χ0) is 12.2. The molecule has 0 rings (SSSR count). The Morgan fingerprint density at radius 1 is 1.33 bits per heavy atom. The first-order valence-electron chi connectivity index (χ1n) is 4.88. The molecule has 0 aromatic carbocycles. The van der Waals surface area contributed by atoms with Gasteiger partial charge in [0.1, 0.15) is 5.54 Å². The predicted octanol–water partition coefficient (Wildman–Crippen LogP) is 0.0375. The van der Waals surface area contributed by atoms with E-state index in [1.54, 1.807) is 13.8 Å². The molecule has 0 aromatic heterocycles. The van der Waals surface area contributed by atoms with Crippen LogP contribution < -0.4 is 11.1 Å². The molecule has 5 nitrogen and oxygen atoms in total. The number of carbonyl (C=O) groups excluding carboxylic acids is 2. The van der Waals surface area contributed by atoms with Crippen molar-refractivity contribution in [1.29, 1.82) is 0 Å². The van der Waals surface area contributed by atoms with Crippen molar-refractivity contribution in [2.75, 3.05) is 7.11 Å². The summed E-state index contributed by atoms with van der Waals surface area (Å²) in [5.41, 5.74) is 4.60. The van der Waals surface area contributed by atoms with E-state index in [2.05, 4.69) is 10.1 Å². The fourth-order valence-electron chi connectivity index (χ4n) is 1.00. The molecular weight excluding hydrogens is 196 g/mol. The monoisotopic (exact) mass is 216 g/mol. The Bertz CT molecular complexity index is 249. The molecule has 3 N–H and O–H groups in total. The van der Waals surface area contributed by atoms with Gasteiger partial charge in [0, 0.05) is 0 Å². The maximum Gasteiger partial charge on any atom is 0.330 e. The van der Waals surface area contributed by atoms with Crippen LogP contribution >= 0.6 is 0 Å². The van der Waals surface area contributed by atoms with E-state index in [0.29, 0.717) is 0 Å². The van der Waals surface area contributed by atoms with Crippen LogP contribution in [0, 0.1) is 5.92 Å². The third kappa shape index (κ3) is 3.87. The van der Waals surface area contributed by atoms with E-state index in [1.807, 2.05) is 13.8 Å². The summed E-state index contributed by atoms with van der Waals surface area (Å²) in [6.45, 7) is 6.83. The highest BCUT2D eigenvalue weighted by Gasteiger charge is 2.32. The van der Waals surface area contributed by atoms with Crippen molar-refractivity contribution in [1.82, 2.24) is 5.32 Å². The molecule has 0 aromatic rings. The molecular formula is C10H20N2O3. The number of rotatable bonds is 4. The number of carbonyl (C=O) groups is 2. The van der Waals surface area contributed by atoms with E-state index in [-0.39, 0.29) is 11.8 Å². The second-order valence-corrected chi connectivity index (χ2v) is 4.38. The first kappa shape index (κ1) is 13.9. The minimum Gasteiger partial charge on any atom is -0.467 e. The Labute approximate surface area is 90.4 Å². The molecule has 0 fully saturated rings. The quantitative estimate of drug-likeness (QED) is 0.650. The number of hydrogen-bond donors (Lipinski definition) is 2. The van der Waals surface area contributed by atoms with Crippen LogP contribution in [0.2, 0.25) is 0 Å². The Morgan fingerprint density at radius 3 is 2.13 bits per heavy atom. The van der Waals surface area contributed by atoms with Gasteiger partial charge in [0.2, 0.25) is 5.91 Å². The highest BCUT2D eigenvalue weighted by Crippen LogP contribution is 2.06. The molecule has 0 aliphatic heterocycles. The molecule has 0 radical (unpaired) electrons. The summed E-state index contributed by atoms with van der Waals surface area (Å²) >= 11 is 0. The molecule has 1 amide bonds. The topological polar surface area (TPSA) is 81.4 Å². The fourth-order valence-corrected chi connectivity index (χ4v) is 1.00. The number of amides is 1. The Morgan fingerprint density at radius 2 is 1.80 bits per heavy atom. The number of hydrogen-bond acceptors (Lipinski definition) is 4. The van der Waals surface area contributed by atoms with Gasteiger partial charge < -0.3 is 15.8 Å². The highest BCUT2D eigenvalue weighted by atomic mass is 16.5. The van der Waals surface area contributed by atoms with Crippen LogP contribution in [0.15, 0.2) is 0 Å². The van der Waals surface area contributed by atoms with Crippen LogP contribution in [0.5, 0.6) is 0 Å². The van der Waals surface area contributed by atoms with Gasteiger partial charge in [-0.3, -0.25) is 4.79 Å². The van der Waals surface area contributed by atoms with Crippen molar-refractivity contribution in [3.63, 3.8) is 0 Å². The SMILES string of the molecule is COC(=O)C(C)(C)NC(=O)[C@@H](N)C(C)C. The van der Waals surface area contributed by atoms with E-state index in [0.717, 1.165) is 0 Å². The average Bonchev–Trinajstić information content (AvgIpc) is 2.14. The van der Waals surface area contributed by atoms with E-state index >= 15 is 0 Å². The lowest BCUT2D eigenvalue weighted by atomic mass is 10.0. The molecule has 1 atom stereocenters. The number of nitrogens with two attached hydrogens (primary N) is 1. The number of methoxy groups -OCH3 is 1. The van der Waals surface area contributed by atoms with Gasteiger partial charge in [0.25, 0.3) is 0 Å². The Balaban J connectivity index is 4.47. The van der Waals surface area contributed by atoms with E-state index in [9.17, 15) is 9.59 Å². The van der Waals surface area contributed by atoms with Crippen molar-refractivity contribution in [3.8, 4) is 0 Å². The van der Waals surface area contributed by atoms with Crippen molar-refractivity contribution in [2.45, 2.75) is 39.3 Å². The summed E-state index contributed by atoms with van der Waals surface area (Å²) in [4.78, 5) is 22.9. The largest absolute Gasteiger partial charge is 0.467 e. The average molecular weight is 216 g/mol. The first-order chi connectivity index (χ1) is 6.72. The van der Waals surface area contributed by atoms with Crippen LogP contribution in [0.4, 0.5) is 0 Å². The summed E-state index contributed by atoms with van der Waals surface area (Å²) in [6.07, 6.45) is 0. The van der Waals surface area contributed by atoms with Gasteiger partial charge in [-0.15, -0.1) is 0 Å². The molecule has 0 unspecified atom stereocenters. The van der Waals surface area contributed by atoms with Crippen molar-refractivity contribution in [3.05, 3.63) is 0 Å². The summed E-state index contributed by atoms with van der Waals surface area (Å²) in [7, 11) is 1.28. The smallest absolute Gasteiger partial charge is 0.330 e. The highest BCUT2D eigenvalue weighted by molar-refractivity contribution is 5.89. The second-order valence-electron chi connectivity index (χ2n) is 4.38. The Hall–Kier alpha value is -1.10. The van der Waals surface area contributed by atoms with Crippen LogP contribution in [0.1, 0.15) is 27.7 Å². The molecule has 5 heteroatoms. The Kier molecular flexibility index (Phi) is 4.74. The third-order valence-electron chi connectivity index (χ3n) is 2.15. The summed E-state index contributed by atoms with van der Waals surface area (Å²) in [5, 5.41) is 2.55. The zero-order valence-corrected chi connectivity index (χ0v) is 9.96. The number of nitrogens with one attached hydrogen (secondary N) is 1. The van der Waals surface area contributed by atoms with Gasteiger partial charge in [-0.1, -0.05) is 13.8 Å². The molecule has 0 aliphatic carbocycles. The predicted molar refractivity (Wildman–Crippen MR) is 57.1 cm³/mol. The normalized spacial score (nSPS) is 13.5. The summed E-state index contributed by atoms with van der Waals surface area (Å²) < 4.78 is 4.56. The van der Waals surface area contributed by atoms with E-state index in [4.69, 9.17) is 5.73 Å². The molecule has 0 spiro atoms. The summed E-state index contributed by atoms with van der Waals surface area (Å²) in [5.74, 6) is -0.814. The minimum absolute atomic E-state index is 0.0263. The standard InChI is InChI=1S/C10H20N2O3/c1-6(2)7(11)8(13)12-10(3,4)9(14)15-5/h6-7H,11H2,1-5H3,(H,12,13)/t7-/m0/s1. The zero-order valence-electron chi connectivity index (χ0n) is 9.96. The van der Waals surface area contributed by atoms with Gasteiger partial charge in [-0.05, 0) is 19.8 Å². The lowest BCUT2D eigenvalue weighted by molar-refractivity contribution is -0.149. The molecule has 0 saturated heterocycles. The maximum absolute atomic E-state index is 11.6. The van der Waals surface area contributed by atoms with Crippen LogP contribution in [0.3, 0.4) is 0 Å². The van der Waals surface area contributed by atoms with Gasteiger partial charge >= 0.3 is 5.97 Å². The molecule has 88 valence electrons. The van der Waals surface area contributed by atoms with Gasteiger partial charge in [-0.25, -0.2) is 4.79 Å². The maximum atomic E-state index is 11.6. The van der Waals surface area contributed by atoms with Crippen LogP contribution in [-0.4, -0.2) is 30.6 Å². The molecule has 0 heterocycles. The van der Waals surface area contributed by atoms with Gasteiger partial charge in [-0.2, -0.15) is 0 Å². The molecule has 0 bridgehead atoms.